The van der Waals surface area contributed by atoms with Gasteiger partial charge in [0.05, 0.1) is 32.7 Å². The summed E-state index contributed by atoms with van der Waals surface area (Å²) in [6, 6.07) is 0. The predicted octanol–water partition coefficient (Wildman–Crippen LogP) is -5.10. The Kier molecular flexibility index (Phi) is 8.84. The maximum atomic E-state index is 11.3. The minimum atomic E-state index is -0.707. The van der Waals surface area contributed by atoms with Gasteiger partial charge in [0.15, 0.2) is 0 Å². The van der Waals surface area contributed by atoms with Crippen LogP contribution in [0.4, 0.5) is 0 Å². The number of hydrogen-bond acceptors (Lipinski definition) is 6. The van der Waals surface area contributed by atoms with Gasteiger partial charge in [-0.15, -0.1) is 0 Å². The van der Waals surface area contributed by atoms with Gasteiger partial charge in [-0.2, -0.15) is 0 Å². The third kappa shape index (κ3) is 10.9. The molecule has 0 spiro atoms. The highest BCUT2D eigenvalue weighted by molar-refractivity contribution is 5.90. The van der Waals surface area contributed by atoms with E-state index in [-0.39, 0.29) is 32.7 Å². The fraction of sp³-hybridized carbons (Fsp3) is 0.500. The van der Waals surface area contributed by atoms with E-state index in [1.807, 2.05) is 0 Å². The molecule has 0 fully saturated rings. The van der Waals surface area contributed by atoms with E-state index in [4.69, 9.17) is 11.5 Å². The zero-order chi connectivity index (χ0) is 16.3. The van der Waals surface area contributed by atoms with Gasteiger partial charge in [-0.05, 0) is 0 Å². The number of primary amides is 1. The van der Waals surface area contributed by atoms with E-state index < -0.39 is 29.5 Å². The molecule has 118 valence electrons. The summed E-state index contributed by atoms with van der Waals surface area (Å²) in [5.74, 6) is -2.99. The van der Waals surface area contributed by atoms with Crippen molar-refractivity contribution in [1.82, 2.24) is 21.3 Å². The Labute approximate surface area is 120 Å². The molecule has 0 aromatic rings. The Morgan fingerprint density at radius 1 is 0.619 bits per heavy atom. The van der Waals surface area contributed by atoms with Crippen molar-refractivity contribution in [3.05, 3.63) is 0 Å². The first-order valence-electron chi connectivity index (χ1n) is 5.90. The molecular formula is C10H18N6O5. The molecule has 0 bridgehead atoms. The number of nitrogens with one attached hydrogen (secondary N) is 4. The standard InChI is InChI=1S/C10H18N6O5/c11-1-7(18)14-3-9(20)16-5-10(21)15-4-8(19)13-2-6(12)17/h1-5,11H2,(H2,12,17)(H,13,19)(H,14,18)(H,15,21)(H,16,20). The van der Waals surface area contributed by atoms with Crippen molar-refractivity contribution in [2.24, 2.45) is 11.5 Å². The van der Waals surface area contributed by atoms with E-state index >= 15 is 0 Å². The van der Waals surface area contributed by atoms with E-state index in [1.165, 1.54) is 0 Å². The lowest BCUT2D eigenvalue weighted by Gasteiger charge is -2.07. The average molecular weight is 302 g/mol. The molecule has 21 heavy (non-hydrogen) atoms. The second kappa shape index (κ2) is 10.1. The highest BCUT2D eigenvalue weighted by Gasteiger charge is 2.08. The zero-order valence-electron chi connectivity index (χ0n) is 11.2. The van der Waals surface area contributed by atoms with Crippen LogP contribution in [0.15, 0.2) is 0 Å². The van der Waals surface area contributed by atoms with E-state index in [0.29, 0.717) is 0 Å². The lowest BCUT2D eigenvalue weighted by Crippen LogP contribution is -2.45. The molecule has 0 rings (SSSR count). The molecule has 0 saturated heterocycles. The molecule has 0 heterocycles. The summed E-state index contributed by atoms with van der Waals surface area (Å²) in [6.07, 6.45) is 0. The molecule has 0 atom stereocenters. The smallest absolute Gasteiger partial charge is 0.239 e. The molecule has 0 radical (unpaired) electrons. The van der Waals surface area contributed by atoms with Crippen LogP contribution in [0.25, 0.3) is 0 Å². The van der Waals surface area contributed by atoms with Crippen molar-refractivity contribution < 1.29 is 24.0 Å². The van der Waals surface area contributed by atoms with Gasteiger partial charge in [0.2, 0.25) is 29.5 Å². The molecule has 0 aliphatic carbocycles. The number of hydrogen-bond donors (Lipinski definition) is 6. The molecule has 0 aliphatic heterocycles. The first kappa shape index (κ1) is 18.3. The van der Waals surface area contributed by atoms with Gasteiger partial charge in [0.1, 0.15) is 0 Å². The monoisotopic (exact) mass is 302 g/mol. The van der Waals surface area contributed by atoms with Gasteiger partial charge >= 0.3 is 0 Å². The topological polar surface area (TPSA) is 186 Å². The molecular weight excluding hydrogens is 284 g/mol. The number of carbonyl (C=O) groups excluding carboxylic acids is 5. The number of amides is 5. The second-order valence-corrected chi connectivity index (χ2v) is 3.78. The summed E-state index contributed by atoms with van der Waals surface area (Å²) in [5, 5.41) is 8.82. The largest absolute Gasteiger partial charge is 0.368 e. The average Bonchev–Trinajstić information content (AvgIpc) is 2.45. The molecule has 0 aliphatic rings. The molecule has 11 nitrogen and oxygen atoms in total. The summed E-state index contributed by atoms with van der Waals surface area (Å²) in [5.41, 5.74) is 9.83. The lowest BCUT2D eigenvalue weighted by molar-refractivity contribution is -0.128. The number of rotatable bonds is 9. The maximum Gasteiger partial charge on any atom is 0.239 e. The summed E-state index contributed by atoms with van der Waals surface area (Å²) >= 11 is 0. The van der Waals surface area contributed by atoms with E-state index in [1.54, 1.807) is 0 Å². The summed E-state index contributed by atoms with van der Waals surface area (Å²) < 4.78 is 0. The van der Waals surface area contributed by atoms with Crippen LogP contribution in [-0.2, 0) is 24.0 Å². The molecule has 5 amide bonds. The summed E-state index contributed by atoms with van der Waals surface area (Å²) in [4.78, 5) is 54.8. The zero-order valence-corrected chi connectivity index (χ0v) is 11.2. The first-order chi connectivity index (χ1) is 9.85. The molecule has 0 aromatic heterocycles. The molecule has 0 aromatic carbocycles. The summed E-state index contributed by atoms with van der Waals surface area (Å²) in [7, 11) is 0. The maximum absolute atomic E-state index is 11.3. The highest BCUT2D eigenvalue weighted by Crippen LogP contribution is 1.70. The Morgan fingerprint density at radius 3 is 1.29 bits per heavy atom. The van der Waals surface area contributed by atoms with Crippen LogP contribution in [0.2, 0.25) is 0 Å². The van der Waals surface area contributed by atoms with Gasteiger partial charge in [0.25, 0.3) is 0 Å². The molecule has 0 unspecified atom stereocenters. The van der Waals surface area contributed by atoms with E-state index in [9.17, 15) is 24.0 Å². The van der Waals surface area contributed by atoms with Gasteiger partial charge in [-0.25, -0.2) is 0 Å². The Balaban J connectivity index is 3.75. The fourth-order valence-electron chi connectivity index (χ4n) is 0.982. The van der Waals surface area contributed by atoms with E-state index in [2.05, 4.69) is 21.3 Å². The minimum absolute atomic E-state index is 0.242. The predicted molar refractivity (Wildman–Crippen MR) is 70.3 cm³/mol. The quantitative estimate of drug-likeness (QED) is 0.247. The highest BCUT2D eigenvalue weighted by atomic mass is 16.2. The van der Waals surface area contributed by atoms with Crippen molar-refractivity contribution in [1.29, 1.82) is 0 Å². The van der Waals surface area contributed by atoms with Crippen molar-refractivity contribution in [2.45, 2.75) is 0 Å². The fourth-order valence-corrected chi connectivity index (χ4v) is 0.982. The van der Waals surface area contributed by atoms with E-state index in [0.717, 1.165) is 0 Å². The van der Waals surface area contributed by atoms with Crippen molar-refractivity contribution in [3.63, 3.8) is 0 Å². The van der Waals surface area contributed by atoms with Crippen molar-refractivity contribution in [2.75, 3.05) is 32.7 Å². The van der Waals surface area contributed by atoms with Gasteiger partial charge < -0.3 is 32.7 Å². The van der Waals surface area contributed by atoms with Crippen LogP contribution in [0.1, 0.15) is 0 Å². The Morgan fingerprint density at radius 2 is 0.952 bits per heavy atom. The Bertz CT molecular complexity index is 424. The van der Waals surface area contributed by atoms with Crippen molar-refractivity contribution >= 4 is 29.5 Å². The van der Waals surface area contributed by atoms with Gasteiger partial charge in [-0.1, -0.05) is 0 Å². The first-order valence-corrected chi connectivity index (χ1v) is 5.90. The van der Waals surface area contributed by atoms with Crippen LogP contribution in [-0.4, -0.2) is 62.3 Å². The van der Waals surface area contributed by atoms with Crippen LogP contribution in [0.3, 0.4) is 0 Å². The number of carbonyl (C=O) groups is 5. The molecule has 8 N–H and O–H groups in total. The van der Waals surface area contributed by atoms with Crippen LogP contribution >= 0.6 is 0 Å². The van der Waals surface area contributed by atoms with Crippen molar-refractivity contribution in [3.8, 4) is 0 Å². The normalized spacial score (nSPS) is 9.38. The number of nitrogens with two attached hydrogens (primary N) is 2. The summed E-state index contributed by atoms with van der Waals surface area (Å²) in [6.45, 7) is -1.59. The van der Waals surface area contributed by atoms with Crippen LogP contribution < -0.4 is 32.7 Å². The van der Waals surface area contributed by atoms with Gasteiger partial charge in [-0.3, -0.25) is 24.0 Å². The molecule has 0 saturated carbocycles. The lowest BCUT2D eigenvalue weighted by atomic mass is 10.4. The van der Waals surface area contributed by atoms with Gasteiger partial charge in [0, 0.05) is 0 Å². The Hall–Kier alpha value is -2.69. The van der Waals surface area contributed by atoms with Crippen LogP contribution in [0, 0.1) is 0 Å². The third-order valence-corrected chi connectivity index (χ3v) is 1.98. The third-order valence-electron chi connectivity index (χ3n) is 1.98. The minimum Gasteiger partial charge on any atom is -0.368 e. The second-order valence-electron chi connectivity index (χ2n) is 3.78. The SMILES string of the molecule is NCC(=O)NCC(=O)NCC(=O)NCC(=O)NCC(N)=O. The molecule has 11 heteroatoms. The van der Waals surface area contributed by atoms with Crippen LogP contribution in [0.5, 0.6) is 0 Å².